The van der Waals surface area contributed by atoms with E-state index in [1.54, 1.807) is 14.2 Å². The zero-order valence-electron chi connectivity index (χ0n) is 20.3. The molecule has 1 aromatic carbocycles. The Kier molecular flexibility index (Phi) is 6.03. The number of anilines is 2. The lowest BCUT2D eigenvalue weighted by atomic mass is 9.83. The Balaban J connectivity index is 1.32. The number of ether oxygens (including phenoxy) is 2. The van der Waals surface area contributed by atoms with Gasteiger partial charge in [-0.2, -0.15) is 0 Å². The van der Waals surface area contributed by atoms with E-state index in [4.69, 9.17) is 13.9 Å². The lowest BCUT2D eigenvalue weighted by molar-refractivity contribution is 0.0742. The second-order valence-electron chi connectivity index (χ2n) is 9.20. The van der Waals surface area contributed by atoms with E-state index in [2.05, 4.69) is 49.1 Å². The lowest BCUT2D eigenvalue weighted by Crippen LogP contribution is -2.64. The van der Waals surface area contributed by atoms with E-state index >= 15 is 0 Å². The van der Waals surface area contributed by atoms with Crippen LogP contribution in [0.3, 0.4) is 0 Å². The number of hydrogen-bond acceptors (Lipinski definition) is 9. The Morgan fingerprint density at radius 1 is 0.912 bits per heavy atom. The van der Waals surface area contributed by atoms with Crippen molar-refractivity contribution in [2.75, 3.05) is 63.8 Å². The van der Waals surface area contributed by atoms with Crippen LogP contribution < -0.4 is 19.3 Å². The minimum Gasteiger partial charge on any atom is -0.497 e. The number of pyridine rings is 1. The number of benzene rings is 1. The number of piperazine rings is 1. The number of aromatic nitrogens is 3. The number of aryl methyl sites for hydroxylation is 1. The van der Waals surface area contributed by atoms with Gasteiger partial charge in [0.15, 0.2) is 0 Å². The summed E-state index contributed by atoms with van der Waals surface area (Å²) in [6, 6.07) is 10.4. The Morgan fingerprint density at radius 3 is 2.32 bits per heavy atom. The van der Waals surface area contributed by atoms with Gasteiger partial charge in [-0.1, -0.05) is 5.10 Å². The predicted octanol–water partition coefficient (Wildman–Crippen LogP) is 3.25. The molecule has 0 amide bonds. The van der Waals surface area contributed by atoms with Gasteiger partial charge in [-0.3, -0.25) is 9.88 Å². The molecule has 4 heterocycles. The van der Waals surface area contributed by atoms with Crippen molar-refractivity contribution in [2.24, 2.45) is 0 Å². The number of nitrogens with zero attached hydrogens (tertiary/aromatic N) is 6. The molecular formula is C25H32N6O3. The minimum absolute atomic E-state index is 0.0879. The van der Waals surface area contributed by atoms with Crippen molar-refractivity contribution < 1.29 is 13.9 Å². The number of methoxy groups -OCH3 is 2. The molecule has 34 heavy (non-hydrogen) atoms. The Bertz CT molecular complexity index is 1120. The molecule has 2 saturated heterocycles. The fourth-order valence-corrected chi connectivity index (χ4v) is 5.07. The number of rotatable bonds is 5. The number of likely N-dealkylation sites (N-methyl/N-ethyl adjacent to an activating group) is 1. The highest BCUT2D eigenvalue weighted by Crippen LogP contribution is 2.36. The largest absolute Gasteiger partial charge is 0.497 e. The second kappa shape index (κ2) is 9.13. The van der Waals surface area contributed by atoms with Crippen LogP contribution in [0.2, 0.25) is 0 Å². The molecule has 5 rings (SSSR count). The SMILES string of the molecule is COc1cc(OC)cc(-c2nnc(N3CCN(C)C4(CCN(c5ccnc(C)c5)CC4)C3)o2)c1. The molecule has 0 unspecified atom stereocenters. The van der Waals surface area contributed by atoms with Crippen molar-refractivity contribution in [3.8, 4) is 23.0 Å². The molecule has 9 nitrogen and oxygen atoms in total. The van der Waals surface area contributed by atoms with E-state index in [1.165, 1.54) is 5.69 Å². The highest BCUT2D eigenvalue weighted by molar-refractivity contribution is 5.60. The molecule has 1 spiro atoms. The molecule has 3 aromatic rings. The van der Waals surface area contributed by atoms with Crippen LogP contribution >= 0.6 is 0 Å². The first-order valence-corrected chi connectivity index (χ1v) is 11.7. The fourth-order valence-electron chi connectivity index (χ4n) is 5.07. The molecule has 2 aliphatic heterocycles. The summed E-state index contributed by atoms with van der Waals surface area (Å²) in [5.74, 6) is 1.83. The first kappa shape index (κ1) is 22.5. The van der Waals surface area contributed by atoms with Gasteiger partial charge in [-0.15, -0.1) is 5.10 Å². The van der Waals surface area contributed by atoms with Gasteiger partial charge in [0.1, 0.15) is 11.5 Å². The van der Waals surface area contributed by atoms with Crippen molar-refractivity contribution in [3.63, 3.8) is 0 Å². The fraction of sp³-hybridized carbons (Fsp3) is 0.480. The maximum absolute atomic E-state index is 6.14. The highest BCUT2D eigenvalue weighted by Gasteiger charge is 2.43. The van der Waals surface area contributed by atoms with Crippen molar-refractivity contribution in [2.45, 2.75) is 25.3 Å². The molecule has 0 atom stereocenters. The summed E-state index contributed by atoms with van der Waals surface area (Å²) in [4.78, 5) is 11.6. The summed E-state index contributed by atoms with van der Waals surface area (Å²) in [5, 5.41) is 8.72. The standard InChI is InChI=1S/C25H32N6O3/c1-18-13-20(5-8-26-18)30-9-6-25(7-10-30)17-31(12-11-29(25)2)24-28-27-23(34-24)19-14-21(32-3)16-22(15-19)33-4/h5,8,13-16H,6-7,9-12,17H2,1-4H3. The van der Waals surface area contributed by atoms with Gasteiger partial charge in [0.25, 0.3) is 0 Å². The summed E-state index contributed by atoms with van der Waals surface area (Å²) in [7, 11) is 5.50. The zero-order chi connectivity index (χ0) is 23.7. The van der Waals surface area contributed by atoms with Gasteiger partial charge < -0.3 is 23.7 Å². The van der Waals surface area contributed by atoms with E-state index < -0.39 is 0 Å². The summed E-state index contributed by atoms with van der Waals surface area (Å²) in [6.45, 7) is 6.76. The van der Waals surface area contributed by atoms with Crippen LogP contribution in [0.25, 0.3) is 11.5 Å². The summed E-state index contributed by atoms with van der Waals surface area (Å²) in [5.41, 5.74) is 3.18. The monoisotopic (exact) mass is 464 g/mol. The van der Waals surface area contributed by atoms with Gasteiger partial charge >= 0.3 is 6.01 Å². The van der Waals surface area contributed by atoms with E-state index in [-0.39, 0.29) is 5.54 Å². The van der Waals surface area contributed by atoms with Crippen LogP contribution in [0.5, 0.6) is 11.5 Å². The summed E-state index contributed by atoms with van der Waals surface area (Å²) in [6.07, 6.45) is 4.06. The molecular weight excluding hydrogens is 432 g/mol. The molecule has 9 heteroatoms. The highest BCUT2D eigenvalue weighted by atomic mass is 16.5. The van der Waals surface area contributed by atoms with Crippen molar-refractivity contribution in [1.29, 1.82) is 0 Å². The Labute approximate surface area is 200 Å². The van der Waals surface area contributed by atoms with Crippen LogP contribution in [0.4, 0.5) is 11.7 Å². The molecule has 0 radical (unpaired) electrons. The van der Waals surface area contributed by atoms with E-state index in [0.29, 0.717) is 23.4 Å². The van der Waals surface area contributed by atoms with E-state index in [9.17, 15) is 0 Å². The normalized spacial score (nSPS) is 18.4. The van der Waals surface area contributed by atoms with E-state index in [0.717, 1.165) is 56.8 Å². The summed E-state index contributed by atoms with van der Waals surface area (Å²) >= 11 is 0. The number of piperidine rings is 1. The lowest BCUT2D eigenvalue weighted by Gasteiger charge is -2.53. The molecule has 0 aliphatic carbocycles. The second-order valence-corrected chi connectivity index (χ2v) is 9.20. The quantitative estimate of drug-likeness (QED) is 0.565. The molecule has 0 bridgehead atoms. The van der Waals surface area contributed by atoms with E-state index in [1.807, 2.05) is 31.3 Å². The first-order valence-electron chi connectivity index (χ1n) is 11.7. The molecule has 2 fully saturated rings. The van der Waals surface area contributed by atoms with Crippen molar-refractivity contribution in [3.05, 3.63) is 42.2 Å². The molecule has 0 saturated carbocycles. The first-order chi connectivity index (χ1) is 16.5. The van der Waals surface area contributed by atoms with Crippen LogP contribution in [0.15, 0.2) is 40.9 Å². The predicted molar refractivity (Wildman–Crippen MR) is 131 cm³/mol. The molecule has 180 valence electrons. The van der Waals surface area contributed by atoms with Gasteiger partial charge in [0.05, 0.1) is 14.2 Å². The Hall–Kier alpha value is -3.33. The topological polar surface area (TPSA) is 80.0 Å². The number of hydrogen-bond donors (Lipinski definition) is 0. The minimum atomic E-state index is 0.0879. The summed E-state index contributed by atoms with van der Waals surface area (Å²) < 4.78 is 16.9. The van der Waals surface area contributed by atoms with Crippen LogP contribution in [-0.4, -0.2) is 79.6 Å². The zero-order valence-corrected chi connectivity index (χ0v) is 20.3. The average molecular weight is 465 g/mol. The van der Waals surface area contributed by atoms with Crippen LogP contribution in [0.1, 0.15) is 18.5 Å². The van der Waals surface area contributed by atoms with Crippen LogP contribution in [-0.2, 0) is 0 Å². The van der Waals surface area contributed by atoms with Gasteiger partial charge in [-0.25, -0.2) is 0 Å². The molecule has 2 aromatic heterocycles. The molecule has 0 N–H and O–H groups in total. The van der Waals surface area contributed by atoms with Gasteiger partial charge in [0, 0.05) is 67.5 Å². The van der Waals surface area contributed by atoms with Crippen LogP contribution in [0, 0.1) is 6.92 Å². The third kappa shape index (κ3) is 4.27. The van der Waals surface area contributed by atoms with Gasteiger partial charge in [0.2, 0.25) is 5.89 Å². The Morgan fingerprint density at radius 2 is 1.65 bits per heavy atom. The smallest absolute Gasteiger partial charge is 0.318 e. The van der Waals surface area contributed by atoms with Gasteiger partial charge in [-0.05, 0) is 51.1 Å². The average Bonchev–Trinajstić information content (AvgIpc) is 3.36. The van der Waals surface area contributed by atoms with Crippen molar-refractivity contribution >= 4 is 11.7 Å². The van der Waals surface area contributed by atoms with Crippen molar-refractivity contribution in [1.82, 2.24) is 20.1 Å². The maximum Gasteiger partial charge on any atom is 0.318 e. The maximum atomic E-state index is 6.14. The third-order valence-corrected chi connectivity index (χ3v) is 7.22. The molecule has 2 aliphatic rings. The third-order valence-electron chi connectivity index (χ3n) is 7.22.